The Balaban J connectivity index is 2.62. The summed E-state index contributed by atoms with van der Waals surface area (Å²) in [5.74, 6) is 0.809. The molecule has 0 atom stereocenters. The molecule has 3 heteroatoms. The number of aryl methyl sites for hydroxylation is 2. The van der Waals surface area contributed by atoms with Crippen molar-refractivity contribution in [2.24, 2.45) is 0 Å². The average molecular weight is 243 g/mol. The van der Waals surface area contributed by atoms with Crippen LogP contribution < -0.4 is 4.74 Å². The van der Waals surface area contributed by atoms with E-state index in [1.807, 2.05) is 26.0 Å². The summed E-state index contributed by atoms with van der Waals surface area (Å²) in [5, 5.41) is 10.3. The van der Waals surface area contributed by atoms with Gasteiger partial charge in [-0.1, -0.05) is 11.6 Å². The van der Waals surface area contributed by atoms with Crippen molar-refractivity contribution in [3.05, 3.63) is 28.3 Å². The average Bonchev–Trinajstić information content (AvgIpc) is 2.12. The van der Waals surface area contributed by atoms with Crippen LogP contribution in [0.5, 0.6) is 5.75 Å². The van der Waals surface area contributed by atoms with Gasteiger partial charge in [-0.05, 0) is 51.0 Å². The lowest BCUT2D eigenvalue weighted by Gasteiger charge is -2.17. The Morgan fingerprint density at radius 3 is 2.19 bits per heavy atom. The lowest BCUT2D eigenvalue weighted by Crippen LogP contribution is -2.21. The number of halogens is 1. The highest BCUT2D eigenvalue weighted by Crippen LogP contribution is 2.26. The molecule has 0 aliphatic carbocycles. The summed E-state index contributed by atoms with van der Waals surface area (Å²) in [4.78, 5) is 0. The third-order valence-corrected chi connectivity index (χ3v) is 2.99. The minimum Gasteiger partial charge on any atom is -0.493 e. The van der Waals surface area contributed by atoms with Crippen LogP contribution in [0.3, 0.4) is 0 Å². The van der Waals surface area contributed by atoms with Crippen molar-refractivity contribution in [2.45, 2.75) is 39.7 Å². The second-order valence-electron chi connectivity index (χ2n) is 4.78. The van der Waals surface area contributed by atoms with E-state index in [1.165, 1.54) is 0 Å². The quantitative estimate of drug-likeness (QED) is 0.876. The Kier molecular flexibility index (Phi) is 4.22. The number of rotatable bonds is 4. The molecule has 0 saturated heterocycles. The minimum absolute atomic E-state index is 0.504. The summed E-state index contributed by atoms with van der Waals surface area (Å²) in [7, 11) is 0. The van der Waals surface area contributed by atoms with Crippen molar-refractivity contribution in [3.8, 4) is 5.75 Å². The molecule has 0 heterocycles. The van der Waals surface area contributed by atoms with Crippen molar-refractivity contribution in [1.29, 1.82) is 0 Å². The van der Waals surface area contributed by atoms with E-state index in [2.05, 4.69) is 0 Å². The van der Waals surface area contributed by atoms with Gasteiger partial charge in [0.25, 0.3) is 0 Å². The van der Waals surface area contributed by atoms with Crippen LogP contribution in [0.15, 0.2) is 12.1 Å². The van der Waals surface area contributed by atoms with Gasteiger partial charge in [0.05, 0.1) is 12.2 Å². The molecule has 0 bridgehead atoms. The fourth-order valence-corrected chi connectivity index (χ4v) is 1.52. The molecule has 1 rings (SSSR count). The molecular weight excluding hydrogens is 224 g/mol. The summed E-state index contributed by atoms with van der Waals surface area (Å²) in [6, 6.07) is 3.83. The van der Waals surface area contributed by atoms with Gasteiger partial charge in [0.1, 0.15) is 5.75 Å². The molecule has 1 N–H and O–H groups in total. The van der Waals surface area contributed by atoms with Crippen LogP contribution in [0.2, 0.25) is 5.02 Å². The maximum atomic E-state index is 9.55. The Morgan fingerprint density at radius 2 is 1.75 bits per heavy atom. The summed E-state index contributed by atoms with van der Waals surface area (Å²) >= 11 is 6.06. The van der Waals surface area contributed by atoms with Gasteiger partial charge in [0, 0.05) is 11.4 Å². The lowest BCUT2D eigenvalue weighted by molar-refractivity contribution is 0.0553. The molecule has 0 aliphatic heterocycles. The van der Waals surface area contributed by atoms with E-state index in [1.54, 1.807) is 13.8 Å². The molecule has 0 saturated carbocycles. The van der Waals surface area contributed by atoms with Crippen LogP contribution in [0.1, 0.15) is 31.4 Å². The van der Waals surface area contributed by atoms with E-state index < -0.39 is 5.60 Å². The summed E-state index contributed by atoms with van der Waals surface area (Å²) in [6.07, 6.45) is 0.605. The zero-order valence-corrected chi connectivity index (χ0v) is 11.1. The van der Waals surface area contributed by atoms with Crippen molar-refractivity contribution in [1.82, 2.24) is 0 Å². The number of hydrogen-bond acceptors (Lipinski definition) is 2. The zero-order valence-electron chi connectivity index (χ0n) is 10.3. The first-order valence-corrected chi connectivity index (χ1v) is 5.79. The van der Waals surface area contributed by atoms with Gasteiger partial charge in [-0.25, -0.2) is 0 Å². The minimum atomic E-state index is -0.684. The molecule has 0 amide bonds. The third-order valence-electron chi connectivity index (χ3n) is 2.39. The molecule has 1 aromatic carbocycles. The van der Waals surface area contributed by atoms with Gasteiger partial charge in [0.15, 0.2) is 0 Å². The molecule has 0 radical (unpaired) electrons. The smallest absolute Gasteiger partial charge is 0.119 e. The van der Waals surface area contributed by atoms with Crippen LogP contribution in [0.25, 0.3) is 0 Å². The van der Waals surface area contributed by atoms with Crippen LogP contribution in [0.4, 0.5) is 0 Å². The molecule has 1 aromatic rings. The summed E-state index contributed by atoms with van der Waals surface area (Å²) in [5.41, 5.74) is 1.34. The van der Waals surface area contributed by atoms with Gasteiger partial charge in [0.2, 0.25) is 0 Å². The first-order valence-electron chi connectivity index (χ1n) is 5.41. The van der Waals surface area contributed by atoms with Crippen molar-refractivity contribution >= 4 is 11.6 Å². The molecule has 0 spiro atoms. The Bertz CT molecular complexity index is 344. The van der Waals surface area contributed by atoms with E-state index in [0.717, 1.165) is 21.9 Å². The summed E-state index contributed by atoms with van der Waals surface area (Å²) in [6.45, 7) is 7.96. The van der Waals surface area contributed by atoms with E-state index in [0.29, 0.717) is 13.0 Å². The molecule has 0 aromatic heterocycles. The van der Waals surface area contributed by atoms with Crippen LogP contribution >= 0.6 is 11.6 Å². The second kappa shape index (κ2) is 5.07. The Labute approximate surface area is 102 Å². The highest BCUT2D eigenvalue weighted by Gasteiger charge is 2.12. The standard InChI is InChI=1S/C13H19ClO2/c1-9-7-11(8-10(2)12(9)14)16-6-5-13(3,4)15/h7-8,15H,5-6H2,1-4H3. The third kappa shape index (κ3) is 4.03. The number of benzene rings is 1. The largest absolute Gasteiger partial charge is 0.493 e. The van der Waals surface area contributed by atoms with Gasteiger partial charge in [-0.2, -0.15) is 0 Å². The normalized spacial score (nSPS) is 11.6. The van der Waals surface area contributed by atoms with Gasteiger partial charge < -0.3 is 9.84 Å². The first-order chi connectivity index (χ1) is 7.29. The molecule has 0 fully saturated rings. The first kappa shape index (κ1) is 13.3. The SMILES string of the molecule is Cc1cc(OCCC(C)(C)O)cc(C)c1Cl. The Morgan fingerprint density at radius 1 is 1.25 bits per heavy atom. The Hall–Kier alpha value is -0.730. The number of aliphatic hydroxyl groups is 1. The zero-order chi connectivity index (χ0) is 12.3. The highest BCUT2D eigenvalue weighted by molar-refractivity contribution is 6.32. The van der Waals surface area contributed by atoms with E-state index in [-0.39, 0.29) is 0 Å². The maximum absolute atomic E-state index is 9.55. The lowest BCUT2D eigenvalue weighted by atomic mass is 10.1. The number of hydrogen-bond donors (Lipinski definition) is 1. The van der Waals surface area contributed by atoms with Gasteiger partial charge >= 0.3 is 0 Å². The maximum Gasteiger partial charge on any atom is 0.119 e. The van der Waals surface area contributed by atoms with Crippen molar-refractivity contribution in [2.75, 3.05) is 6.61 Å². The fraction of sp³-hybridized carbons (Fsp3) is 0.538. The van der Waals surface area contributed by atoms with Crippen molar-refractivity contribution < 1.29 is 9.84 Å². The summed E-state index contributed by atoms with van der Waals surface area (Å²) < 4.78 is 5.58. The topological polar surface area (TPSA) is 29.5 Å². The van der Waals surface area contributed by atoms with Crippen LogP contribution in [-0.4, -0.2) is 17.3 Å². The van der Waals surface area contributed by atoms with E-state index in [9.17, 15) is 5.11 Å². The molecule has 90 valence electrons. The predicted molar refractivity (Wildman–Crippen MR) is 67.3 cm³/mol. The van der Waals surface area contributed by atoms with Gasteiger partial charge in [-0.15, -0.1) is 0 Å². The molecule has 16 heavy (non-hydrogen) atoms. The molecule has 0 aliphatic rings. The predicted octanol–water partition coefficient (Wildman–Crippen LogP) is 3.50. The fourth-order valence-electron chi connectivity index (χ4n) is 1.41. The van der Waals surface area contributed by atoms with E-state index >= 15 is 0 Å². The van der Waals surface area contributed by atoms with Crippen molar-refractivity contribution in [3.63, 3.8) is 0 Å². The second-order valence-corrected chi connectivity index (χ2v) is 5.16. The van der Waals surface area contributed by atoms with Crippen LogP contribution in [0, 0.1) is 13.8 Å². The van der Waals surface area contributed by atoms with Gasteiger partial charge in [-0.3, -0.25) is 0 Å². The number of ether oxygens (including phenoxy) is 1. The monoisotopic (exact) mass is 242 g/mol. The molecular formula is C13H19ClO2. The van der Waals surface area contributed by atoms with E-state index in [4.69, 9.17) is 16.3 Å². The molecule has 0 unspecified atom stereocenters. The molecule has 2 nitrogen and oxygen atoms in total. The van der Waals surface area contributed by atoms with Crippen LogP contribution in [-0.2, 0) is 0 Å². The highest BCUT2D eigenvalue weighted by atomic mass is 35.5.